The van der Waals surface area contributed by atoms with E-state index in [0.717, 1.165) is 10.9 Å². The Morgan fingerprint density at radius 2 is 2.03 bits per heavy atom. The van der Waals surface area contributed by atoms with Crippen molar-refractivity contribution in [1.82, 2.24) is 14.5 Å². The van der Waals surface area contributed by atoms with Crippen LogP contribution >= 0.6 is 24.0 Å². The normalized spacial score (nSPS) is 13.8. The zero-order valence-electron chi connectivity index (χ0n) is 16.1. The van der Waals surface area contributed by atoms with Crippen LogP contribution in [0, 0.1) is 0 Å². The second-order valence-electron chi connectivity index (χ2n) is 6.58. The molecule has 0 spiro atoms. The fourth-order valence-corrected chi connectivity index (χ4v) is 3.53. The van der Waals surface area contributed by atoms with Crippen LogP contribution in [-0.2, 0) is 11.8 Å². The number of aryl methyl sites for hydroxylation is 1. The van der Waals surface area contributed by atoms with Gasteiger partial charge >= 0.3 is 0 Å². The lowest BCUT2D eigenvalue weighted by Crippen LogP contribution is -2.40. The van der Waals surface area contributed by atoms with Crippen molar-refractivity contribution in [2.24, 2.45) is 7.05 Å². The number of fused-ring (bicyclic) bond motifs is 1. The summed E-state index contributed by atoms with van der Waals surface area (Å²) < 4.78 is 12.6. The molecular weight excluding hydrogens is 415 g/mol. The molecule has 0 unspecified atom stereocenters. The molecule has 0 bridgehead atoms. The number of nitrogens with zero attached hydrogens (tertiary/aromatic N) is 3. The molecule has 1 saturated heterocycles. The number of aromatic nitrogens is 2. The molecule has 9 heteroatoms. The van der Waals surface area contributed by atoms with E-state index in [2.05, 4.69) is 10.3 Å². The van der Waals surface area contributed by atoms with E-state index in [9.17, 15) is 4.79 Å². The molecule has 0 saturated carbocycles. The van der Waals surface area contributed by atoms with Crippen LogP contribution in [0.15, 0.2) is 36.7 Å². The minimum Gasteiger partial charge on any atom is -0.497 e. The largest absolute Gasteiger partial charge is 0.497 e. The van der Waals surface area contributed by atoms with E-state index in [1.165, 1.54) is 0 Å². The van der Waals surface area contributed by atoms with Crippen molar-refractivity contribution < 1.29 is 14.3 Å². The van der Waals surface area contributed by atoms with Crippen LogP contribution in [0.1, 0.15) is 10.4 Å². The summed E-state index contributed by atoms with van der Waals surface area (Å²) in [4.78, 5) is 19.4. The molecule has 1 aliphatic rings. The predicted molar refractivity (Wildman–Crippen MR) is 116 cm³/mol. The Balaban J connectivity index is 0.00000240. The number of ether oxygens (including phenoxy) is 2. The molecule has 154 valence electrons. The van der Waals surface area contributed by atoms with Crippen molar-refractivity contribution in [3.8, 4) is 5.75 Å². The molecule has 1 amide bonds. The van der Waals surface area contributed by atoms with Gasteiger partial charge in [0, 0.05) is 44.0 Å². The van der Waals surface area contributed by atoms with Gasteiger partial charge in [0.05, 0.1) is 42.1 Å². The fourth-order valence-electron chi connectivity index (χ4n) is 3.36. The molecule has 0 atom stereocenters. The molecule has 1 aliphatic heterocycles. The highest BCUT2D eigenvalue weighted by Gasteiger charge is 2.23. The number of benzene rings is 1. The zero-order valence-corrected chi connectivity index (χ0v) is 17.7. The molecular formula is C20H22Cl2N4O3. The summed E-state index contributed by atoms with van der Waals surface area (Å²) in [6.07, 6.45) is 3.54. The highest BCUT2D eigenvalue weighted by Crippen LogP contribution is 2.33. The van der Waals surface area contributed by atoms with Gasteiger partial charge in [-0.25, -0.2) is 4.98 Å². The van der Waals surface area contributed by atoms with E-state index < -0.39 is 0 Å². The van der Waals surface area contributed by atoms with Gasteiger partial charge < -0.3 is 24.3 Å². The lowest BCUT2D eigenvalue weighted by atomic mass is 10.1. The Labute approximate surface area is 180 Å². The second-order valence-corrected chi connectivity index (χ2v) is 6.99. The van der Waals surface area contributed by atoms with E-state index in [1.807, 2.05) is 29.9 Å². The first-order chi connectivity index (χ1) is 13.6. The van der Waals surface area contributed by atoms with Crippen molar-refractivity contribution in [3.63, 3.8) is 0 Å². The fraction of sp³-hybridized carbons (Fsp3) is 0.300. The second kappa shape index (κ2) is 8.90. The maximum Gasteiger partial charge on any atom is 0.257 e. The number of pyridine rings is 1. The van der Waals surface area contributed by atoms with Gasteiger partial charge in [-0.15, -0.1) is 12.4 Å². The van der Waals surface area contributed by atoms with E-state index in [1.54, 1.807) is 30.3 Å². The van der Waals surface area contributed by atoms with Gasteiger partial charge in [-0.2, -0.15) is 0 Å². The number of hydrogen-bond donors (Lipinski definition) is 1. The van der Waals surface area contributed by atoms with Gasteiger partial charge in [0.2, 0.25) is 0 Å². The monoisotopic (exact) mass is 436 g/mol. The van der Waals surface area contributed by atoms with Gasteiger partial charge in [0.1, 0.15) is 11.6 Å². The number of rotatable bonds is 4. The van der Waals surface area contributed by atoms with Gasteiger partial charge in [-0.05, 0) is 18.2 Å². The van der Waals surface area contributed by atoms with Crippen LogP contribution < -0.4 is 10.1 Å². The first kappa shape index (κ1) is 21.2. The van der Waals surface area contributed by atoms with Gasteiger partial charge in [0.15, 0.2) is 0 Å². The highest BCUT2D eigenvalue weighted by molar-refractivity contribution is 6.33. The molecule has 4 rings (SSSR count). The molecule has 2 aromatic heterocycles. The number of carbonyl (C=O) groups excluding carboxylic acids is 1. The van der Waals surface area contributed by atoms with Crippen molar-refractivity contribution in [1.29, 1.82) is 0 Å². The van der Waals surface area contributed by atoms with Crippen LogP contribution in [0.5, 0.6) is 5.75 Å². The first-order valence-electron chi connectivity index (χ1n) is 9.00. The number of amides is 1. The number of morpholine rings is 1. The number of halogens is 2. The average Bonchev–Trinajstić information content (AvgIpc) is 3.12. The Bertz CT molecular complexity index is 1030. The third-order valence-electron chi connectivity index (χ3n) is 4.86. The number of hydrogen-bond acceptors (Lipinski definition) is 5. The summed E-state index contributed by atoms with van der Waals surface area (Å²) in [5.41, 5.74) is 2.09. The van der Waals surface area contributed by atoms with Crippen LogP contribution in [0.25, 0.3) is 10.9 Å². The summed E-state index contributed by atoms with van der Waals surface area (Å²) in [6.45, 7) is 2.29. The topological polar surface area (TPSA) is 68.6 Å². The summed E-state index contributed by atoms with van der Waals surface area (Å²) in [6, 6.07) is 7.31. The van der Waals surface area contributed by atoms with Crippen LogP contribution in [0.4, 0.5) is 11.5 Å². The van der Waals surface area contributed by atoms with Crippen molar-refractivity contribution in [3.05, 3.63) is 47.2 Å². The smallest absolute Gasteiger partial charge is 0.257 e. The number of anilines is 2. The minimum absolute atomic E-state index is 0. The number of methoxy groups -OCH3 is 1. The predicted octanol–water partition coefficient (Wildman–Crippen LogP) is 3.87. The molecule has 7 nitrogen and oxygen atoms in total. The lowest BCUT2D eigenvalue weighted by molar-refractivity contribution is 0.0303. The molecule has 29 heavy (non-hydrogen) atoms. The van der Waals surface area contributed by atoms with E-state index in [4.69, 9.17) is 21.1 Å². The number of nitrogens with one attached hydrogen (secondary N) is 1. The molecule has 3 aromatic rings. The molecule has 3 heterocycles. The third-order valence-corrected chi connectivity index (χ3v) is 5.19. The summed E-state index contributed by atoms with van der Waals surface area (Å²) >= 11 is 6.32. The van der Waals surface area contributed by atoms with E-state index in [0.29, 0.717) is 54.1 Å². The third kappa shape index (κ3) is 4.12. The van der Waals surface area contributed by atoms with Crippen LogP contribution in [0.2, 0.25) is 5.02 Å². The maximum atomic E-state index is 13.0. The zero-order chi connectivity index (χ0) is 19.7. The van der Waals surface area contributed by atoms with Crippen molar-refractivity contribution in [2.45, 2.75) is 0 Å². The summed E-state index contributed by atoms with van der Waals surface area (Å²) in [7, 11) is 3.52. The Morgan fingerprint density at radius 3 is 2.76 bits per heavy atom. The molecule has 1 fully saturated rings. The van der Waals surface area contributed by atoms with Crippen LogP contribution in [-0.4, -0.2) is 53.8 Å². The molecule has 0 radical (unpaired) electrons. The Hall–Kier alpha value is -2.48. The molecule has 0 aliphatic carbocycles. The Kier molecular flexibility index (Phi) is 6.52. The molecule has 1 aromatic carbocycles. The van der Waals surface area contributed by atoms with Crippen LogP contribution in [0.3, 0.4) is 0 Å². The standard InChI is InChI=1S/C20H21ClN4O3.ClH/c1-24-6-5-14-18(24)15(20(26)25-7-9-28-10-8-25)12-22-19(14)23-17-11-13(27-2)3-4-16(17)21;/h3-6,11-12H,7-10H2,1-2H3,(H,22,23);1H. The first-order valence-corrected chi connectivity index (χ1v) is 9.38. The quantitative estimate of drug-likeness (QED) is 0.671. The van der Waals surface area contributed by atoms with E-state index >= 15 is 0 Å². The van der Waals surface area contributed by atoms with Crippen molar-refractivity contribution in [2.75, 3.05) is 38.7 Å². The summed E-state index contributed by atoms with van der Waals surface area (Å²) in [5.74, 6) is 1.29. The number of carbonyl (C=O) groups is 1. The van der Waals surface area contributed by atoms with Crippen molar-refractivity contribution >= 4 is 52.3 Å². The Morgan fingerprint density at radius 1 is 1.28 bits per heavy atom. The van der Waals surface area contributed by atoms with Gasteiger partial charge in [-0.3, -0.25) is 4.79 Å². The minimum atomic E-state index is -0.0337. The lowest BCUT2D eigenvalue weighted by Gasteiger charge is -2.27. The van der Waals surface area contributed by atoms with Gasteiger partial charge in [-0.1, -0.05) is 11.6 Å². The SMILES string of the molecule is COc1ccc(Cl)c(Nc2ncc(C(=O)N3CCOCC3)c3c2ccn3C)c1.Cl. The average molecular weight is 437 g/mol. The highest BCUT2D eigenvalue weighted by atomic mass is 35.5. The maximum absolute atomic E-state index is 13.0. The van der Waals surface area contributed by atoms with E-state index in [-0.39, 0.29) is 18.3 Å². The molecule has 1 N–H and O–H groups in total. The summed E-state index contributed by atoms with van der Waals surface area (Å²) in [5, 5.41) is 4.67. The van der Waals surface area contributed by atoms with Gasteiger partial charge in [0.25, 0.3) is 5.91 Å².